The molecule has 0 radical (unpaired) electrons. The molecule has 5 heteroatoms. The summed E-state index contributed by atoms with van der Waals surface area (Å²) in [5.41, 5.74) is 4.08. The maximum Gasteiger partial charge on any atom is 0.309 e. The average molecular weight is 387 g/mol. The van der Waals surface area contributed by atoms with E-state index in [2.05, 4.69) is 70.5 Å². The third-order valence-electron chi connectivity index (χ3n) is 4.86. The molecule has 146 valence electrons. The van der Waals surface area contributed by atoms with Gasteiger partial charge >= 0.3 is 8.16 Å². The molecule has 0 bridgehead atoms. The largest absolute Gasteiger partial charge is 0.493 e. The van der Waals surface area contributed by atoms with Crippen LogP contribution in [-0.2, 0) is 5.41 Å². The molecule has 2 aromatic carbocycles. The summed E-state index contributed by atoms with van der Waals surface area (Å²) in [6.07, 6.45) is 0. The van der Waals surface area contributed by atoms with Crippen molar-refractivity contribution in [3.63, 3.8) is 0 Å². The van der Waals surface area contributed by atoms with Crippen molar-refractivity contribution < 1.29 is 13.1 Å². The Hall–Kier alpha value is -1.90. The van der Waals surface area contributed by atoms with Crippen molar-refractivity contribution in [3.8, 4) is 5.75 Å². The van der Waals surface area contributed by atoms with Crippen molar-refractivity contribution in [2.75, 3.05) is 24.9 Å². The summed E-state index contributed by atoms with van der Waals surface area (Å²) in [6.45, 7) is 14.7. The van der Waals surface area contributed by atoms with Crippen molar-refractivity contribution in [1.82, 2.24) is 0 Å². The summed E-state index contributed by atoms with van der Waals surface area (Å²) in [4.78, 5) is 0. The Kier molecular flexibility index (Phi) is 5.60. The van der Waals surface area contributed by atoms with Crippen molar-refractivity contribution in [3.05, 3.63) is 41.5 Å². The number of methoxy groups -OCH3 is 1. The van der Waals surface area contributed by atoms with Crippen LogP contribution < -0.4 is 9.41 Å². The van der Waals surface area contributed by atoms with Crippen LogP contribution in [0.1, 0.15) is 45.7 Å². The van der Waals surface area contributed by atoms with Gasteiger partial charge < -0.3 is 13.1 Å². The van der Waals surface area contributed by atoms with Gasteiger partial charge in [-0.05, 0) is 41.7 Å². The van der Waals surface area contributed by atoms with E-state index in [0.29, 0.717) is 0 Å². The lowest BCUT2D eigenvalue weighted by Crippen LogP contribution is -2.17. The van der Waals surface area contributed by atoms with Gasteiger partial charge in [0.05, 0.1) is 7.11 Å². The summed E-state index contributed by atoms with van der Waals surface area (Å²) in [7, 11) is 0.426. The number of benzene rings is 2. The normalized spacial score (nSPS) is 12.8. The first-order chi connectivity index (χ1) is 12.8. The summed E-state index contributed by atoms with van der Waals surface area (Å²) in [6, 6.07) is 10.7. The third kappa shape index (κ3) is 3.88. The molecular formula is C22H30NO3P. The molecule has 0 saturated carbocycles. The summed E-state index contributed by atoms with van der Waals surface area (Å²) in [5, 5.41) is 2.08. The molecular weight excluding hydrogens is 357 g/mol. The highest BCUT2D eigenvalue weighted by Gasteiger charge is 2.18. The molecule has 0 aliphatic heterocycles. The number of hydrogen-bond acceptors (Lipinski definition) is 4. The van der Waals surface area contributed by atoms with Crippen LogP contribution in [0.15, 0.2) is 38.7 Å². The summed E-state index contributed by atoms with van der Waals surface area (Å²) in [5.74, 6) is 0.751. The van der Waals surface area contributed by atoms with E-state index in [-0.39, 0.29) is 5.41 Å². The fourth-order valence-electron chi connectivity index (χ4n) is 3.22. The van der Waals surface area contributed by atoms with Crippen molar-refractivity contribution in [2.24, 2.45) is 0 Å². The first-order valence-electron chi connectivity index (χ1n) is 9.53. The average Bonchev–Trinajstić information content (AvgIpc) is 2.78. The topological polar surface area (TPSA) is 38.8 Å². The standard InChI is InChI=1S/C22H30NO3P/c1-8-23(9-2)27-25-19-14-16(22(4,5)6)10-11-17(19)18-12-15(3)13-20(24-7)21(18)26-27/h10-14H,8-9H2,1-7H3. The van der Waals surface area contributed by atoms with E-state index >= 15 is 0 Å². The van der Waals surface area contributed by atoms with Gasteiger partial charge in [0.15, 0.2) is 11.3 Å². The van der Waals surface area contributed by atoms with Crippen LogP contribution in [0, 0.1) is 6.92 Å². The molecule has 3 rings (SSSR count). The summed E-state index contributed by atoms with van der Waals surface area (Å²) >= 11 is 0. The smallest absolute Gasteiger partial charge is 0.309 e. The van der Waals surface area contributed by atoms with Gasteiger partial charge in [-0.3, -0.25) is 0 Å². The molecule has 1 heterocycles. The molecule has 0 saturated heterocycles. The quantitative estimate of drug-likeness (QED) is 0.489. The third-order valence-corrected chi connectivity index (χ3v) is 6.58. The Labute approximate surface area is 162 Å². The molecule has 4 nitrogen and oxygen atoms in total. The summed E-state index contributed by atoms with van der Waals surface area (Å²) < 4.78 is 20.8. The fourth-order valence-corrected chi connectivity index (χ4v) is 4.62. The van der Waals surface area contributed by atoms with E-state index in [1.54, 1.807) is 7.11 Å². The first-order valence-corrected chi connectivity index (χ1v) is 10.7. The Morgan fingerprint density at radius 3 is 2.30 bits per heavy atom. The zero-order valence-electron chi connectivity index (χ0n) is 17.4. The monoisotopic (exact) mass is 387 g/mol. The van der Waals surface area contributed by atoms with E-state index in [9.17, 15) is 0 Å². The number of ether oxygens (including phenoxy) is 1. The van der Waals surface area contributed by atoms with Crippen molar-refractivity contribution >= 4 is 30.1 Å². The van der Waals surface area contributed by atoms with E-state index in [1.165, 1.54) is 5.56 Å². The predicted molar refractivity (Wildman–Crippen MR) is 116 cm³/mol. The SMILES string of the molecule is CCN(CC)p1oc2cc(C(C)(C)C)ccc2c2cc(C)cc(OC)c2o1. The highest BCUT2D eigenvalue weighted by atomic mass is 31.1. The van der Waals surface area contributed by atoms with Crippen LogP contribution in [0.25, 0.3) is 21.9 Å². The maximum absolute atomic E-state index is 6.47. The predicted octanol–water partition coefficient (Wildman–Crippen LogP) is 6.88. The number of nitrogens with zero attached hydrogens (tertiary/aromatic N) is 1. The lowest BCUT2D eigenvalue weighted by atomic mass is 9.86. The van der Waals surface area contributed by atoms with E-state index < -0.39 is 8.16 Å². The zero-order chi connectivity index (χ0) is 19.8. The zero-order valence-corrected chi connectivity index (χ0v) is 18.3. The number of hydrogen-bond donors (Lipinski definition) is 0. The van der Waals surface area contributed by atoms with Gasteiger partial charge in [0.25, 0.3) is 0 Å². The van der Waals surface area contributed by atoms with Crippen LogP contribution in [-0.4, -0.2) is 20.2 Å². The fraction of sp³-hybridized carbons (Fsp3) is 0.455. The number of fused-ring (bicyclic) bond motifs is 3. The van der Waals surface area contributed by atoms with Crippen LogP contribution in [0.2, 0.25) is 0 Å². The van der Waals surface area contributed by atoms with Gasteiger partial charge in [0.2, 0.25) is 0 Å². The Bertz CT molecular complexity index is 998. The van der Waals surface area contributed by atoms with Crippen LogP contribution in [0.5, 0.6) is 5.75 Å². The second-order valence-electron chi connectivity index (χ2n) is 7.86. The molecule has 0 aliphatic rings. The molecule has 1 atom stereocenters. The minimum absolute atomic E-state index is 0.0522. The van der Waals surface area contributed by atoms with Gasteiger partial charge in [-0.15, -0.1) is 0 Å². The molecule has 0 spiro atoms. The van der Waals surface area contributed by atoms with Gasteiger partial charge in [0.1, 0.15) is 5.58 Å². The lowest BCUT2D eigenvalue weighted by Gasteiger charge is -2.19. The van der Waals surface area contributed by atoms with Gasteiger partial charge in [0, 0.05) is 23.9 Å². The minimum atomic E-state index is -1.26. The van der Waals surface area contributed by atoms with Crippen LogP contribution in [0.4, 0.5) is 0 Å². The first kappa shape index (κ1) is 19.9. The second-order valence-corrected chi connectivity index (χ2v) is 9.27. The molecule has 0 fully saturated rings. The molecule has 3 aromatic rings. The van der Waals surface area contributed by atoms with Gasteiger partial charge in [-0.2, -0.15) is 0 Å². The number of aryl methyl sites for hydroxylation is 1. The Balaban J connectivity index is 2.50. The molecule has 0 N–H and O–H groups in total. The lowest BCUT2D eigenvalue weighted by molar-refractivity contribution is 0.412. The van der Waals surface area contributed by atoms with Gasteiger partial charge in [-0.25, -0.2) is 4.67 Å². The highest BCUT2D eigenvalue weighted by molar-refractivity contribution is 7.38. The van der Waals surface area contributed by atoms with Crippen molar-refractivity contribution in [2.45, 2.75) is 47.0 Å². The number of rotatable bonds is 4. The van der Waals surface area contributed by atoms with E-state index in [0.717, 1.165) is 46.3 Å². The second kappa shape index (κ2) is 7.61. The minimum Gasteiger partial charge on any atom is -0.493 e. The van der Waals surface area contributed by atoms with Crippen LogP contribution >= 0.6 is 8.16 Å². The Morgan fingerprint density at radius 1 is 1.00 bits per heavy atom. The highest BCUT2D eigenvalue weighted by Crippen LogP contribution is 2.41. The van der Waals surface area contributed by atoms with E-state index in [4.69, 9.17) is 13.1 Å². The molecule has 27 heavy (non-hydrogen) atoms. The van der Waals surface area contributed by atoms with E-state index in [1.807, 2.05) is 6.07 Å². The Morgan fingerprint density at radius 2 is 1.70 bits per heavy atom. The maximum atomic E-state index is 6.47. The van der Waals surface area contributed by atoms with Crippen LogP contribution in [0.3, 0.4) is 0 Å². The molecule has 1 aromatic heterocycles. The molecule has 1 unspecified atom stereocenters. The molecule has 0 aliphatic carbocycles. The van der Waals surface area contributed by atoms with Crippen molar-refractivity contribution in [1.29, 1.82) is 0 Å². The molecule has 0 amide bonds. The van der Waals surface area contributed by atoms with Gasteiger partial charge in [-0.1, -0.05) is 46.8 Å².